The third-order valence-corrected chi connectivity index (χ3v) is 2.20. The number of aliphatic hydroxyl groups is 1. The quantitative estimate of drug-likeness (QED) is 0.662. The van der Waals surface area contributed by atoms with Gasteiger partial charge in [-0.25, -0.2) is 4.39 Å². The van der Waals surface area contributed by atoms with Crippen LogP contribution in [-0.2, 0) is 0 Å². The van der Waals surface area contributed by atoms with Crippen LogP contribution >= 0.6 is 0 Å². The van der Waals surface area contributed by atoms with Crippen molar-refractivity contribution in [2.24, 2.45) is 0 Å². The van der Waals surface area contributed by atoms with Gasteiger partial charge in [-0.15, -0.1) is 0 Å². The molecule has 1 aliphatic rings. The fourth-order valence-corrected chi connectivity index (χ4v) is 1.67. The average molecular weight is 161 g/mol. The van der Waals surface area contributed by atoms with E-state index in [0.717, 1.165) is 13.0 Å². The second-order valence-electron chi connectivity index (χ2n) is 3.16. The molecule has 0 aliphatic carbocycles. The molecule has 0 spiro atoms. The molecular weight excluding hydrogens is 145 g/mol. The van der Waals surface area contributed by atoms with E-state index < -0.39 is 6.17 Å². The number of alkyl halides is 1. The maximum atomic E-state index is 12.8. The van der Waals surface area contributed by atoms with Gasteiger partial charge in [0.15, 0.2) is 0 Å². The first kappa shape index (κ1) is 8.94. The van der Waals surface area contributed by atoms with E-state index in [9.17, 15) is 4.39 Å². The van der Waals surface area contributed by atoms with Crippen molar-refractivity contribution in [3.8, 4) is 0 Å². The third kappa shape index (κ3) is 2.14. The fourth-order valence-electron chi connectivity index (χ4n) is 1.67. The van der Waals surface area contributed by atoms with Gasteiger partial charge in [0.2, 0.25) is 0 Å². The minimum Gasteiger partial charge on any atom is -0.395 e. The molecule has 0 amide bonds. The second-order valence-corrected chi connectivity index (χ2v) is 3.16. The number of hydrogen-bond acceptors (Lipinski definition) is 2. The molecular formula is C8H16FNO. The summed E-state index contributed by atoms with van der Waals surface area (Å²) >= 11 is 0. The molecule has 0 unspecified atom stereocenters. The maximum Gasteiger partial charge on any atom is 0.114 e. The third-order valence-electron chi connectivity index (χ3n) is 2.20. The summed E-state index contributed by atoms with van der Waals surface area (Å²) in [5.41, 5.74) is 0. The summed E-state index contributed by atoms with van der Waals surface area (Å²) in [6, 6.07) is 0.0740. The Morgan fingerprint density at radius 2 is 2.36 bits per heavy atom. The van der Waals surface area contributed by atoms with Gasteiger partial charge in [0.1, 0.15) is 6.17 Å². The zero-order chi connectivity index (χ0) is 8.27. The van der Waals surface area contributed by atoms with Gasteiger partial charge in [-0.1, -0.05) is 6.92 Å². The van der Waals surface area contributed by atoms with Gasteiger partial charge < -0.3 is 5.11 Å². The SMILES string of the molecule is CCCN1C[C@@H](F)C[C@H]1CO. The Labute approximate surface area is 67.0 Å². The van der Waals surface area contributed by atoms with Gasteiger partial charge in [0.05, 0.1) is 6.61 Å². The highest BCUT2D eigenvalue weighted by Gasteiger charge is 2.30. The van der Waals surface area contributed by atoms with E-state index in [1.165, 1.54) is 0 Å². The lowest BCUT2D eigenvalue weighted by atomic mass is 10.2. The van der Waals surface area contributed by atoms with E-state index in [4.69, 9.17) is 5.11 Å². The normalized spacial score (nSPS) is 33.0. The molecule has 0 radical (unpaired) electrons. The lowest BCUT2D eigenvalue weighted by Gasteiger charge is -2.20. The summed E-state index contributed by atoms with van der Waals surface area (Å²) < 4.78 is 12.8. The van der Waals surface area contributed by atoms with E-state index in [2.05, 4.69) is 6.92 Å². The Morgan fingerprint density at radius 3 is 2.91 bits per heavy atom. The molecule has 0 aromatic heterocycles. The molecule has 1 fully saturated rings. The highest BCUT2D eigenvalue weighted by molar-refractivity contribution is 4.84. The molecule has 1 rings (SSSR count). The molecule has 3 heteroatoms. The molecule has 1 saturated heterocycles. The van der Waals surface area contributed by atoms with E-state index in [1.54, 1.807) is 0 Å². The highest BCUT2D eigenvalue weighted by Crippen LogP contribution is 2.19. The van der Waals surface area contributed by atoms with Gasteiger partial charge >= 0.3 is 0 Å². The summed E-state index contributed by atoms with van der Waals surface area (Å²) in [4.78, 5) is 2.03. The number of rotatable bonds is 3. The summed E-state index contributed by atoms with van der Waals surface area (Å²) in [6.07, 6.45) is 0.818. The van der Waals surface area contributed by atoms with Crippen molar-refractivity contribution in [3.05, 3.63) is 0 Å². The number of halogens is 1. The first-order valence-corrected chi connectivity index (χ1v) is 4.27. The first-order valence-electron chi connectivity index (χ1n) is 4.27. The lowest BCUT2D eigenvalue weighted by Crippen LogP contribution is -2.32. The first-order chi connectivity index (χ1) is 5.27. The Balaban J connectivity index is 2.37. The van der Waals surface area contributed by atoms with Crippen molar-refractivity contribution in [3.63, 3.8) is 0 Å². The van der Waals surface area contributed by atoms with Gasteiger partial charge in [0, 0.05) is 12.6 Å². The van der Waals surface area contributed by atoms with Crippen LogP contribution in [0, 0.1) is 0 Å². The van der Waals surface area contributed by atoms with Crippen LogP contribution in [0.3, 0.4) is 0 Å². The fraction of sp³-hybridized carbons (Fsp3) is 1.00. The molecule has 0 aromatic carbocycles. The Morgan fingerprint density at radius 1 is 1.64 bits per heavy atom. The number of nitrogens with zero attached hydrogens (tertiary/aromatic N) is 1. The molecule has 0 bridgehead atoms. The van der Waals surface area contributed by atoms with E-state index in [1.807, 2.05) is 4.90 Å². The minimum atomic E-state index is -0.723. The van der Waals surface area contributed by atoms with Crippen LogP contribution in [-0.4, -0.2) is 41.9 Å². The molecule has 11 heavy (non-hydrogen) atoms. The predicted octanol–water partition coefficient (Wildman–Crippen LogP) is 0.801. The van der Waals surface area contributed by atoms with Crippen molar-refractivity contribution < 1.29 is 9.50 Å². The number of likely N-dealkylation sites (tertiary alicyclic amines) is 1. The van der Waals surface area contributed by atoms with Crippen molar-refractivity contribution in [2.45, 2.75) is 32.0 Å². The van der Waals surface area contributed by atoms with Gasteiger partial charge in [0.25, 0.3) is 0 Å². The van der Waals surface area contributed by atoms with Crippen molar-refractivity contribution in [2.75, 3.05) is 19.7 Å². The average Bonchev–Trinajstić information content (AvgIpc) is 2.32. The molecule has 2 nitrogen and oxygen atoms in total. The van der Waals surface area contributed by atoms with Crippen LogP contribution in [0.1, 0.15) is 19.8 Å². The van der Waals surface area contributed by atoms with Gasteiger partial charge in [-0.3, -0.25) is 4.90 Å². The molecule has 0 saturated carbocycles. The summed E-state index contributed by atoms with van der Waals surface area (Å²) in [6.45, 7) is 3.59. The van der Waals surface area contributed by atoms with E-state index in [0.29, 0.717) is 13.0 Å². The molecule has 1 heterocycles. The van der Waals surface area contributed by atoms with Gasteiger partial charge in [-0.05, 0) is 19.4 Å². The maximum absolute atomic E-state index is 12.8. The zero-order valence-electron chi connectivity index (χ0n) is 6.96. The second kappa shape index (κ2) is 4.02. The van der Waals surface area contributed by atoms with E-state index >= 15 is 0 Å². The number of hydrogen-bond donors (Lipinski definition) is 1. The Bertz CT molecular complexity index is 121. The molecule has 1 N–H and O–H groups in total. The Hall–Kier alpha value is -0.150. The van der Waals surface area contributed by atoms with Crippen molar-refractivity contribution in [1.82, 2.24) is 4.90 Å². The Kier molecular flexibility index (Phi) is 3.27. The zero-order valence-corrected chi connectivity index (χ0v) is 6.96. The van der Waals surface area contributed by atoms with Gasteiger partial charge in [-0.2, -0.15) is 0 Å². The topological polar surface area (TPSA) is 23.5 Å². The van der Waals surface area contributed by atoms with Crippen LogP contribution in [0.2, 0.25) is 0 Å². The minimum absolute atomic E-state index is 0.0740. The molecule has 0 aromatic rings. The summed E-state index contributed by atoms with van der Waals surface area (Å²) in [7, 11) is 0. The summed E-state index contributed by atoms with van der Waals surface area (Å²) in [5.74, 6) is 0. The molecule has 66 valence electrons. The van der Waals surface area contributed by atoms with Crippen LogP contribution in [0.5, 0.6) is 0 Å². The standard InChI is InChI=1S/C8H16FNO/c1-2-3-10-5-7(9)4-8(10)6-11/h7-8,11H,2-6H2,1H3/t7-,8-/m0/s1. The van der Waals surface area contributed by atoms with Crippen LogP contribution < -0.4 is 0 Å². The van der Waals surface area contributed by atoms with Crippen LogP contribution in [0.25, 0.3) is 0 Å². The van der Waals surface area contributed by atoms with Crippen molar-refractivity contribution >= 4 is 0 Å². The van der Waals surface area contributed by atoms with Crippen LogP contribution in [0.4, 0.5) is 4.39 Å². The number of aliphatic hydroxyl groups excluding tert-OH is 1. The smallest absolute Gasteiger partial charge is 0.114 e. The van der Waals surface area contributed by atoms with Crippen LogP contribution in [0.15, 0.2) is 0 Å². The van der Waals surface area contributed by atoms with Crippen molar-refractivity contribution in [1.29, 1.82) is 0 Å². The van der Waals surface area contributed by atoms with E-state index in [-0.39, 0.29) is 12.6 Å². The molecule has 1 aliphatic heterocycles. The predicted molar refractivity (Wildman–Crippen MR) is 42.3 cm³/mol. The molecule has 2 atom stereocenters. The largest absolute Gasteiger partial charge is 0.395 e. The monoisotopic (exact) mass is 161 g/mol. The highest BCUT2D eigenvalue weighted by atomic mass is 19.1. The lowest BCUT2D eigenvalue weighted by molar-refractivity contribution is 0.159. The summed E-state index contributed by atoms with van der Waals surface area (Å²) in [5, 5.41) is 8.87.